The van der Waals surface area contributed by atoms with Crippen molar-refractivity contribution in [3.05, 3.63) is 29.6 Å². The number of aromatic nitrogens is 2. The molecule has 15 heavy (non-hydrogen) atoms. The minimum Gasteiger partial charge on any atom is -0.341 e. The first-order valence-electron chi connectivity index (χ1n) is 5.43. The Bertz CT molecular complexity index is 459. The van der Waals surface area contributed by atoms with E-state index in [1.54, 1.807) is 0 Å². The maximum Gasteiger partial charge on any atom is 0.124 e. The van der Waals surface area contributed by atoms with Gasteiger partial charge in [-0.05, 0) is 25.0 Å². The third kappa shape index (κ3) is 1.88. The number of aromatic amines is 1. The largest absolute Gasteiger partial charge is 0.341 e. The van der Waals surface area contributed by atoms with Gasteiger partial charge in [0.25, 0.3) is 0 Å². The van der Waals surface area contributed by atoms with Gasteiger partial charge >= 0.3 is 0 Å². The van der Waals surface area contributed by atoms with Gasteiger partial charge in [0.05, 0.1) is 17.1 Å². The molecule has 0 aliphatic rings. The second-order valence-electron chi connectivity index (χ2n) is 3.99. The standard InChI is InChI=1S/C12H17N3/c1-3-5-9(13)12-14-10-7-4-6-8(2)11(10)15-12/h4,6-7,9H,3,5,13H2,1-2H3,(H,14,15). The molecule has 1 aromatic carbocycles. The molecule has 0 saturated carbocycles. The summed E-state index contributed by atoms with van der Waals surface area (Å²) in [6, 6.07) is 6.17. The zero-order chi connectivity index (χ0) is 10.8. The normalized spacial score (nSPS) is 13.3. The van der Waals surface area contributed by atoms with Gasteiger partial charge in [-0.2, -0.15) is 0 Å². The molecule has 1 heterocycles. The van der Waals surface area contributed by atoms with Crippen LogP contribution in [0, 0.1) is 6.92 Å². The molecule has 80 valence electrons. The topological polar surface area (TPSA) is 54.7 Å². The fourth-order valence-electron chi connectivity index (χ4n) is 1.82. The molecule has 3 N–H and O–H groups in total. The van der Waals surface area contributed by atoms with Crippen LogP contribution in [0.4, 0.5) is 0 Å². The lowest BCUT2D eigenvalue weighted by atomic mass is 10.2. The van der Waals surface area contributed by atoms with E-state index in [9.17, 15) is 0 Å². The van der Waals surface area contributed by atoms with E-state index in [4.69, 9.17) is 5.73 Å². The fourth-order valence-corrected chi connectivity index (χ4v) is 1.82. The van der Waals surface area contributed by atoms with Crippen LogP contribution in [0.25, 0.3) is 11.0 Å². The van der Waals surface area contributed by atoms with Crippen molar-refractivity contribution in [1.82, 2.24) is 9.97 Å². The van der Waals surface area contributed by atoms with Crippen LogP contribution in [0.3, 0.4) is 0 Å². The van der Waals surface area contributed by atoms with Gasteiger partial charge in [-0.1, -0.05) is 25.5 Å². The summed E-state index contributed by atoms with van der Waals surface area (Å²) in [5, 5.41) is 0. The quantitative estimate of drug-likeness (QED) is 0.805. The Labute approximate surface area is 89.7 Å². The second-order valence-corrected chi connectivity index (χ2v) is 3.99. The van der Waals surface area contributed by atoms with Crippen LogP contribution in [-0.2, 0) is 0 Å². The van der Waals surface area contributed by atoms with Crippen molar-refractivity contribution in [2.24, 2.45) is 5.73 Å². The maximum atomic E-state index is 6.03. The summed E-state index contributed by atoms with van der Waals surface area (Å²) in [6.45, 7) is 4.20. The monoisotopic (exact) mass is 203 g/mol. The number of nitrogens with zero attached hydrogens (tertiary/aromatic N) is 1. The number of aryl methyl sites for hydroxylation is 1. The van der Waals surface area contributed by atoms with Crippen LogP contribution < -0.4 is 5.73 Å². The number of para-hydroxylation sites is 1. The lowest BCUT2D eigenvalue weighted by molar-refractivity contribution is 0.610. The number of imidazole rings is 1. The number of nitrogens with one attached hydrogen (secondary N) is 1. The molecular weight excluding hydrogens is 186 g/mol. The highest BCUT2D eigenvalue weighted by Crippen LogP contribution is 2.19. The van der Waals surface area contributed by atoms with Gasteiger partial charge in [0, 0.05) is 0 Å². The summed E-state index contributed by atoms with van der Waals surface area (Å²) in [5.41, 5.74) is 9.34. The van der Waals surface area contributed by atoms with E-state index in [1.807, 2.05) is 12.1 Å². The number of H-pyrrole nitrogens is 1. The summed E-state index contributed by atoms with van der Waals surface area (Å²) in [6.07, 6.45) is 2.05. The van der Waals surface area contributed by atoms with Gasteiger partial charge in [0.1, 0.15) is 5.82 Å². The van der Waals surface area contributed by atoms with Crippen molar-refractivity contribution in [3.63, 3.8) is 0 Å². The molecule has 2 rings (SSSR count). The maximum absolute atomic E-state index is 6.03. The van der Waals surface area contributed by atoms with E-state index in [0.717, 1.165) is 29.7 Å². The Hall–Kier alpha value is -1.35. The van der Waals surface area contributed by atoms with Crippen LogP contribution in [0.15, 0.2) is 18.2 Å². The van der Waals surface area contributed by atoms with Crippen molar-refractivity contribution in [3.8, 4) is 0 Å². The molecule has 3 nitrogen and oxygen atoms in total. The number of hydrogen-bond acceptors (Lipinski definition) is 2. The Morgan fingerprint density at radius 2 is 2.27 bits per heavy atom. The van der Waals surface area contributed by atoms with E-state index in [2.05, 4.69) is 29.9 Å². The third-order valence-corrected chi connectivity index (χ3v) is 2.68. The van der Waals surface area contributed by atoms with Crippen molar-refractivity contribution >= 4 is 11.0 Å². The van der Waals surface area contributed by atoms with Crippen LogP contribution in [-0.4, -0.2) is 9.97 Å². The number of hydrogen-bond donors (Lipinski definition) is 2. The number of rotatable bonds is 3. The summed E-state index contributed by atoms with van der Waals surface area (Å²) < 4.78 is 0. The molecule has 0 spiro atoms. The molecule has 1 unspecified atom stereocenters. The van der Waals surface area contributed by atoms with Crippen LogP contribution >= 0.6 is 0 Å². The third-order valence-electron chi connectivity index (χ3n) is 2.68. The molecule has 0 saturated heterocycles. The van der Waals surface area contributed by atoms with Gasteiger partial charge in [-0.3, -0.25) is 0 Å². The van der Waals surface area contributed by atoms with Crippen LogP contribution in [0.5, 0.6) is 0 Å². The average molecular weight is 203 g/mol. The van der Waals surface area contributed by atoms with Gasteiger partial charge in [0.2, 0.25) is 0 Å². The molecule has 1 atom stereocenters. The average Bonchev–Trinajstić information content (AvgIpc) is 2.63. The predicted octanol–water partition coefficient (Wildman–Crippen LogP) is 2.67. The highest BCUT2D eigenvalue weighted by Gasteiger charge is 2.10. The molecule has 1 aromatic heterocycles. The minimum absolute atomic E-state index is 0.0294. The van der Waals surface area contributed by atoms with Crippen LogP contribution in [0.1, 0.15) is 37.2 Å². The van der Waals surface area contributed by atoms with Gasteiger partial charge in [-0.25, -0.2) is 4.98 Å². The fraction of sp³-hybridized carbons (Fsp3) is 0.417. The Morgan fingerprint density at radius 3 is 2.93 bits per heavy atom. The Balaban J connectivity index is 2.43. The van der Waals surface area contributed by atoms with E-state index in [1.165, 1.54) is 5.56 Å². The molecule has 2 aromatic rings. The first-order valence-corrected chi connectivity index (χ1v) is 5.43. The molecular formula is C12H17N3. The van der Waals surface area contributed by atoms with Crippen molar-refractivity contribution in [2.45, 2.75) is 32.7 Å². The molecule has 0 bridgehead atoms. The zero-order valence-electron chi connectivity index (χ0n) is 9.25. The summed E-state index contributed by atoms with van der Waals surface area (Å²) in [5.74, 6) is 0.904. The lowest BCUT2D eigenvalue weighted by Crippen LogP contribution is -2.11. The van der Waals surface area contributed by atoms with E-state index in [-0.39, 0.29) is 6.04 Å². The predicted molar refractivity (Wildman–Crippen MR) is 62.7 cm³/mol. The number of fused-ring (bicyclic) bond motifs is 1. The van der Waals surface area contributed by atoms with Crippen molar-refractivity contribution in [1.29, 1.82) is 0 Å². The molecule has 0 amide bonds. The zero-order valence-corrected chi connectivity index (χ0v) is 9.25. The first kappa shape index (κ1) is 10.2. The van der Waals surface area contributed by atoms with Crippen molar-refractivity contribution < 1.29 is 0 Å². The Morgan fingerprint density at radius 1 is 1.47 bits per heavy atom. The molecule has 3 heteroatoms. The molecule has 0 fully saturated rings. The molecule has 0 aliphatic heterocycles. The second kappa shape index (κ2) is 4.03. The van der Waals surface area contributed by atoms with E-state index in [0.29, 0.717) is 0 Å². The van der Waals surface area contributed by atoms with Crippen molar-refractivity contribution in [2.75, 3.05) is 0 Å². The molecule has 0 radical (unpaired) electrons. The summed E-state index contributed by atoms with van der Waals surface area (Å²) in [7, 11) is 0. The number of benzene rings is 1. The highest BCUT2D eigenvalue weighted by atomic mass is 15.0. The number of nitrogens with two attached hydrogens (primary N) is 1. The van der Waals surface area contributed by atoms with Gasteiger partial charge < -0.3 is 10.7 Å². The highest BCUT2D eigenvalue weighted by molar-refractivity contribution is 5.78. The summed E-state index contributed by atoms with van der Waals surface area (Å²) in [4.78, 5) is 7.84. The first-order chi connectivity index (χ1) is 7.22. The SMILES string of the molecule is CCCC(N)c1nc2c(C)cccc2[nH]1. The smallest absolute Gasteiger partial charge is 0.124 e. The molecule has 0 aliphatic carbocycles. The minimum atomic E-state index is 0.0294. The van der Waals surface area contributed by atoms with E-state index >= 15 is 0 Å². The van der Waals surface area contributed by atoms with Gasteiger partial charge in [-0.15, -0.1) is 0 Å². The van der Waals surface area contributed by atoms with Gasteiger partial charge in [0.15, 0.2) is 0 Å². The Kier molecular flexibility index (Phi) is 2.73. The lowest BCUT2D eigenvalue weighted by Gasteiger charge is -2.04. The van der Waals surface area contributed by atoms with E-state index < -0.39 is 0 Å². The van der Waals surface area contributed by atoms with Crippen LogP contribution in [0.2, 0.25) is 0 Å². The summed E-state index contributed by atoms with van der Waals surface area (Å²) >= 11 is 0.